The van der Waals surface area contributed by atoms with Crippen LogP contribution in [0.25, 0.3) is 0 Å². The van der Waals surface area contributed by atoms with Gasteiger partial charge in [0.15, 0.2) is 17.5 Å². The Kier molecular flexibility index (Phi) is 7.88. The van der Waals surface area contributed by atoms with Gasteiger partial charge in [-0.1, -0.05) is 0 Å². The molecule has 0 saturated carbocycles. The summed E-state index contributed by atoms with van der Waals surface area (Å²) in [5, 5.41) is 31.9. The van der Waals surface area contributed by atoms with Gasteiger partial charge < -0.3 is 45.7 Å². The zero-order valence-corrected chi connectivity index (χ0v) is 21.4. The predicted octanol–water partition coefficient (Wildman–Crippen LogP) is -0.0947. The number of ketones is 2. The van der Waals surface area contributed by atoms with Crippen LogP contribution in [0, 0.1) is 6.92 Å². The lowest BCUT2D eigenvalue weighted by Crippen LogP contribution is -2.59. The van der Waals surface area contributed by atoms with Crippen molar-refractivity contribution in [1.82, 2.24) is 0 Å². The van der Waals surface area contributed by atoms with Crippen molar-refractivity contribution >= 4 is 23.5 Å². The lowest BCUT2D eigenvalue weighted by molar-refractivity contribution is -0.278. The van der Waals surface area contributed by atoms with E-state index in [-0.39, 0.29) is 58.4 Å². The molecule has 208 valence electrons. The minimum absolute atomic E-state index is 0.0116. The molecule has 5 unspecified atom stereocenters. The fourth-order valence-corrected chi connectivity index (χ4v) is 4.46. The van der Waals surface area contributed by atoms with Gasteiger partial charge in [-0.05, 0) is 38.1 Å². The molecule has 13 heteroatoms. The minimum atomic E-state index is -1.42. The summed E-state index contributed by atoms with van der Waals surface area (Å²) in [5.74, 6) is -2.36. The summed E-state index contributed by atoms with van der Waals surface area (Å²) in [7, 11) is 0. The molecule has 0 spiro atoms. The first-order valence-corrected chi connectivity index (χ1v) is 12.0. The maximum absolute atomic E-state index is 13.4. The van der Waals surface area contributed by atoms with Gasteiger partial charge in [-0.2, -0.15) is 0 Å². The topological polar surface area (TPSA) is 213 Å². The normalized spacial score (nSPS) is 24.0. The average molecular weight is 544 g/mol. The highest BCUT2D eigenvalue weighted by Crippen LogP contribution is 2.41. The highest BCUT2D eigenvalue weighted by molar-refractivity contribution is 6.29. The number of rotatable bonds is 7. The number of hydrogen-bond donors (Lipinski definition) is 5. The summed E-state index contributed by atoms with van der Waals surface area (Å²) in [6.07, 6.45) is -6.06. The number of guanidine groups is 1. The summed E-state index contributed by atoms with van der Waals surface area (Å²) >= 11 is 0. The molecule has 4 rings (SSSR count). The molecule has 1 heterocycles. The monoisotopic (exact) mass is 543 g/mol. The lowest BCUT2D eigenvalue weighted by Gasteiger charge is -2.41. The van der Waals surface area contributed by atoms with Gasteiger partial charge in [0.25, 0.3) is 0 Å². The van der Waals surface area contributed by atoms with Crippen LogP contribution in [-0.4, -0.2) is 82.7 Å². The number of nitrogens with zero attached hydrogens (tertiary/aromatic N) is 1. The van der Waals surface area contributed by atoms with Crippen molar-refractivity contribution < 1.29 is 48.7 Å². The van der Waals surface area contributed by atoms with Crippen LogP contribution in [0.4, 0.5) is 0 Å². The second-order valence-corrected chi connectivity index (χ2v) is 9.18. The van der Waals surface area contributed by atoms with Gasteiger partial charge in [0.05, 0.1) is 24.8 Å². The molecule has 13 nitrogen and oxygen atoms in total. The first-order valence-electron chi connectivity index (χ1n) is 12.0. The number of carbonyl (C=O) groups excluding carboxylic acids is 3. The van der Waals surface area contributed by atoms with E-state index in [1.165, 1.54) is 45.0 Å². The van der Waals surface area contributed by atoms with Gasteiger partial charge in [0, 0.05) is 29.2 Å². The third-order valence-corrected chi connectivity index (χ3v) is 6.44. The number of aliphatic imine (C=N–C) groups is 1. The molecular weight excluding hydrogens is 514 g/mol. The zero-order chi connectivity index (χ0) is 28.6. The van der Waals surface area contributed by atoms with E-state index < -0.39 is 54.0 Å². The van der Waals surface area contributed by atoms with Crippen molar-refractivity contribution in [2.24, 2.45) is 16.5 Å². The fraction of sp³-hybridized carbons (Fsp3) is 0.385. The summed E-state index contributed by atoms with van der Waals surface area (Å²) in [6.45, 7) is 4.22. The standard InChI is InChI=1S/C26H29N3O10/c1-10-17(39-25-24(36-7-6-29-26(27)28)23(35)20(32)11(2)37-25)9-16-18(19(10)31)22(34)14-5-4-13(38-12(3)30)8-15(14)21(16)33/h4-5,8-9,11,20,23-25,31-32,35H,6-7H2,1-3H3,(H4,27,28,29). The SMILES string of the molecule is CC(=O)Oc1ccc2c(c1)C(=O)c1cc(OC3OC(C)C(O)C(O)C3OCCN=C(N)N)c(C)c(O)c1C2=O. The molecule has 0 amide bonds. The largest absolute Gasteiger partial charge is 0.507 e. The Morgan fingerprint density at radius 1 is 1.08 bits per heavy atom. The number of fused-ring (bicyclic) bond motifs is 2. The zero-order valence-electron chi connectivity index (χ0n) is 21.4. The minimum Gasteiger partial charge on any atom is -0.507 e. The van der Waals surface area contributed by atoms with E-state index in [1.807, 2.05) is 0 Å². The van der Waals surface area contributed by atoms with E-state index in [9.17, 15) is 29.7 Å². The molecule has 0 bridgehead atoms. The summed E-state index contributed by atoms with van der Waals surface area (Å²) in [6, 6.07) is 5.30. The van der Waals surface area contributed by atoms with Gasteiger partial charge in [0.2, 0.25) is 6.29 Å². The molecule has 0 aromatic heterocycles. The van der Waals surface area contributed by atoms with Crippen LogP contribution in [-0.2, 0) is 14.3 Å². The van der Waals surface area contributed by atoms with E-state index in [0.29, 0.717) is 0 Å². The number of ether oxygens (including phenoxy) is 4. The number of nitrogens with two attached hydrogens (primary N) is 2. The molecule has 1 saturated heterocycles. The summed E-state index contributed by atoms with van der Waals surface area (Å²) in [4.78, 5) is 41.8. The van der Waals surface area contributed by atoms with Crippen LogP contribution in [0.2, 0.25) is 0 Å². The van der Waals surface area contributed by atoms with Crippen molar-refractivity contribution in [3.05, 3.63) is 52.1 Å². The lowest BCUT2D eigenvalue weighted by atomic mass is 9.82. The molecule has 1 aliphatic carbocycles. The van der Waals surface area contributed by atoms with E-state index in [4.69, 9.17) is 30.4 Å². The Morgan fingerprint density at radius 3 is 2.46 bits per heavy atom. The van der Waals surface area contributed by atoms with Crippen molar-refractivity contribution in [1.29, 1.82) is 0 Å². The number of hydrogen-bond acceptors (Lipinski definition) is 11. The predicted molar refractivity (Wildman–Crippen MR) is 135 cm³/mol. The highest BCUT2D eigenvalue weighted by Gasteiger charge is 2.45. The number of aliphatic hydroxyl groups is 2. The molecular formula is C26H29N3O10. The Hall–Kier alpha value is -4.04. The first kappa shape index (κ1) is 28.0. The van der Waals surface area contributed by atoms with Crippen LogP contribution in [0.3, 0.4) is 0 Å². The molecule has 2 aromatic carbocycles. The van der Waals surface area contributed by atoms with Crippen LogP contribution in [0.1, 0.15) is 51.3 Å². The van der Waals surface area contributed by atoms with Gasteiger partial charge in [0.1, 0.15) is 35.6 Å². The Balaban J connectivity index is 1.68. The highest BCUT2D eigenvalue weighted by atomic mass is 16.7. The van der Waals surface area contributed by atoms with Crippen molar-refractivity contribution in [3.8, 4) is 17.2 Å². The Labute approximate surface area is 222 Å². The maximum Gasteiger partial charge on any atom is 0.308 e. The molecule has 39 heavy (non-hydrogen) atoms. The summed E-state index contributed by atoms with van der Waals surface area (Å²) < 4.78 is 22.4. The third-order valence-electron chi connectivity index (χ3n) is 6.44. The smallest absolute Gasteiger partial charge is 0.308 e. The number of phenolic OH excluding ortho intramolecular Hbond substituents is 1. The van der Waals surface area contributed by atoms with Gasteiger partial charge in [-0.25, -0.2) is 0 Å². The van der Waals surface area contributed by atoms with E-state index in [2.05, 4.69) is 4.99 Å². The number of carbonyl (C=O) groups is 3. The van der Waals surface area contributed by atoms with Crippen LogP contribution in [0.5, 0.6) is 17.2 Å². The molecule has 0 radical (unpaired) electrons. The van der Waals surface area contributed by atoms with Crippen LogP contribution in [0.15, 0.2) is 29.3 Å². The van der Waals surface area contributed by atoms with Gasteiger partial charge in [-0.15, -0.1) is 0 Å². The van der Waals surface area contributed by atoms with E-state index in [1.54, 1.807) is 0 Å². The quantitative estimate of drug-likeness (QED) is 0.0869. The van der Waals surface area contributed by atoms with Crippen molar-refractivity contribution in [2.45, 2.75) is 51.5 Å². The maximum atomic E-state index is 13.4. The Morgan fingerprint density at radius 2 is 1.79 bits per heavy atom. The number of benzene rings is 2. The van der Waals surface area contributed by atoms with Crippen LogP contribution < -0.4 is 20.9 Å². The molecule has 1 aliphatic heterocycles. The number of aromatic hydroxyl groups is 1. The fourth-order valence-electron chi connectivity index (χ4n) is 4.46. The van der Waals surface area contributed by atoms with Crippen LogP contribution >= 0.6 is 0 Å². The number of phenols is 1. The number of aliphatic hydroxyl groups excluding tert-OH is 2. The molecule has 7 N–H and O–H groups in total. The van der Waals surface area contributed by atoms with Crippen molar-refractivity contribution in [3.63, 3.8) is 0 Å². The molecule has 5 atom stereocenters. The summed E-state index contributed by atoms with van der Waals surface area (Å²) in [5.41, 5.74) is 10.4. The van der Waals surface area contributed by atoms with E-state index in [0.717, 1.165) is 0 Å². The second kappa shape index (κ2) is 11.0. The molecule has 2 aliphatic rings. The first-order chi connectivity index (χ1) is 18.4. The van der Waals surface area contributed by atoms with Crippen molar-refractivity contribution in [2.75, 3.05) is 13.2 Å². The molecule has 1 fully saturated rings. The average Bonchev–Trinajstić information content (AvgIpc) is 2.87. The van der Waals surface area contributed by atoms with E-state index >= 15 is 0 Å². The third kappa shape index (κ3) is 5.43. The van der Waals surface area contributed by atoms with Gasteiger partial charge in [-0.3, -0.25) is 19.4 Å². The van der Waals surface area contributed by atoms with Gasteiger partial charge >= 0.3 is 5.97 Å². The second-order valence-electron chi connectivity index (χ2n) is 9.18. The molecule has 2 aromatic rings. The Bertz CT molecular complexity index is 1350. The number of esters is 1.